The molecule has 0 aliphatic heterocycles. The number of alkyl halides is 3. The summed E-state index contributed by atoms with van der Waals surface area (Å²) >= 11 is 5.52. The minimum Gasteiger partial charge on any atom is -0.478 e. The largest absolute Gasteiger partial charge is 0.478 e. The first-order valence-corrected chi connectivity index (χ1v) is 5.69. The van der Waals surface area contributed by atoms with E-state index in [9.17, 15) is 13.2 Å². The second-order valence-electron chi connectivity index (χ2n) is 4.02. The summed E-state index contributed by atoms with van der Waals surface area (Å²) in [6, 6.07) is 1.62. The van der Waals surface area contributed by atoms with Gasteiger partial charge >= 0.3 is 6.18 Å². The van der Waals surface area contributed by atoms with E-state index >= 15 is 0 Å². The van der Waals surface area contributed by atoms with Gasteiger partial charge < -0.3 is 9.64 Å². The zero-order chi connectivity index (χ0) is 13.8. The summed E-state index contributed by atoms with van der Waals surface area (Å²) in [5.41, 5.74) is -0.856. The number of rotatable bonds is 5. The standard InChI is InChI=1S/C11H14ClF3N2O/c1-17(2)4-3-5-18-10-7-8(11(13,14)15)6-9(12)16-10/h6-7H,3-5H2,1-2H3. The Bertz CT molecular complexity index is 396. The third-order valence-electron chi connectivity index (χ3n) is 2.10. The molecule has 1 aromatic heterocycles. The fraction of sp³-hybridized carbons (Fsp3) is 0.545. The van der Waals surface area contributed by atoms with Crippen LogP contribution in [0.5, 0.6) is 5.88 Å². The van der Waals surface area contributed by atoms with Gasteiger partial charge in [0.15, 0.2) is 0 Å². The number of halogens is 4. The van der Waals surface area contributed by atoms with Crippen molar-refractivity contribution >= 4 is 11.6 Å². The van der Waals surface area contributed by atoms with Gasteiger partial charge in [0.2, 0.25) is 5.88 Å². The molecule has 7 heteroatoms. The highest BCUT2D eigenvalue weighted by Gasteiger charge is 2.31. The minimum atomic E-state index is -4.45. The predicted molar refractivity (Wildman–Crippen MR) is 62.9 cm³/mol. The van der Waals surface area contributed by atoms with Crippen molar-refractivity contribution in [2.75, 3.05) is 27.2 Å². The maximum atomic E-state index is 12.5. The first-order valence-electron chi connectivity index (χ1n) is 5.31. The van der Waals surface area contributed by atoms with Gasteiger partial charge in [-0.15, -0.1) is 0 Å². The molecule has 1 aromatic rings. The van der Waals surface area contributed by atoms with Crippen LogP contribution in [-0.2, 0) is 6.18 Å². The highest BCUT2D eigenvalue weighted by molar-refractivity contribution is 6.29. The molecule has 3 nitrogen and oxygen atoms in total. The Morgan fingerprint density at radius 1 is 1.33 bits per heavy atom. The molecule has 1 heterocycles. The average molecular weight is 283 g/mol. The lowest BCUT2D eigenvalue weighted by Crippen LogP contribution is -2.16. The molecule has 0 saturated carbocycles. The van der Waals surface area contributed by atoms with Gasteiger partial charge in [-0.05, 0) is 26.6 Å². The van der Waals surface area contributed by atoms with Gasteiger partial charge in [0, 0.05) is 12.6 Å². The van der Waals surface area contributed by atoms with Gasteiger partial charge in [-0.3, -0.25) is 0 Å². The Kier molecular flexibility index (Phi) is 5.22. The van der Waals surface area contributed by atoms with E-state index in [0.717, 1.165) is 18.7 Å². The molecule has 0 unspecified atom stereocenters. The Balaban J connectivity index is 2.63. The maximum absolute atomic E-state index is 12.5. The fourth-order valence-corrected chi connectivity index (χ4v) is 1.47. The highest BCUT2D eigenvalue weighted by atomic mass is 35.5. The highest BCUT2D eigenvalue weighted by Crippen LogP contribution is 2.32. The summed E-state index contributed by atoms with van der Waals surface area (Å²) in [7, 11) is 3.80. The normalized spacial score (nSPS) is 11.9. The van der Waals surface area contributed by atoms with Crippen LogP contribution < -0.4 is 4.74 Å². The van der Waals surface area contributed by atoms with Crippen LogP contribution in [0.1, 0.15) is 12.0 Å². The van der Waals surface area contributed by atoms with Gasteiger partial charge in [0.1, 0.15) is 5.15 Å². The Hall–Kier alpha value is -1.01. The molecule has 1 rings (SSSR count). The summed E-state index contributed by atoms with van der Waals surface area (Å²) < 4.78 is 42.6. The smallest absolute Gasteiger partial charge is 0.416 e. The van der Waals surface area contributed by atoms with Gasteiger partial charge in [-0.25, -0.2) is 4.98 Å². The van der Waals surface area contributed by atoms with Gasteiger partial charge in [-0.1, -0.05) is 11.6 Å². The van der Waals surface area contributed by atoms with Gasteiger partial charge in [0.25, 0.3) is 0 Å². The molecule has 102 valence electrons. The Morgan fingerprint density at radius 2 is 2.00 bits per heavy atom. The second kappa shape index (κ2) is 6.24. The second-order valence-corrected chi connectivity index (χ2v) is 4.41. The summed E-state index contributed by atoms with van der Waals surface area (Å²) in [4.78, 5) is 5.65. The molecule has 0 aliphatic carbocycles. The third-order valence-corrected chi connectivity index (χ3v) is 2.29. The van der Waals surface area contributed by atoms with Gasteiger partial charge in [0.05, 0.1) is 12.2 Å². The van der Waals surface area contributed by atoms with Crippen molar-refractivity contribution in [3.05, 3.63) is 22.8 Å². The molecule has 0 radical (unpaired) electrons. The SMILES string of the molecule is CN(C)CCCOc1cc(C(F)(F)F)cc(Cl)n1. The van der Waals surface area contributed by atoms with E-state index in [1.165, 1.54) is 0 Å². The molecule has 18 heavy (non-hydrogen) atoms. The summed E-state index contributed by atoms with van der Waals surface area (Å²) in [5.74, 6) is -0.103. The number of pyridine rings is 1. The number of aromatic nitrogens is 1. The van der Waals surface area contributed by atoms with Crippen molar-refractivity contribution in [1.29, 1.82) is 0 Å². The minimum absolute atomic E-state index is 0.103. The van der Waals surface area contributed by atoms with Crippen LogP contribution in [0.4, 0.5) is 13.2 Å². The average Bonchev–Trinajstić information content (AvgIpc) is 2.22. The summed E-state index contributed by atoms with van der Waals surface area (Å²) in [6.45, 7) is 1.08. The Labute approximate surface area is 109 Å². The molecule has 0 amide bonds. The zero-order valence-electron chi connectivity index (χ0n) is 10.1. The van der Waals surface area contributed by atoms with Crippen molar-refractivity contribution in [2.24, 2.45) is 0 Å². The molecule has 0 aromatic carbocycles. The fourth-order valence-electron chi connectivity index (χ4n) is 1.27. The van der Waals surface area contributed by atoms with Crippen LogP contribution in [0, 0.1) is 0 Å². The van der Waals surface area contributed by atoms with Crippen LogP contribution in [-0.4, -0.2) is 37.1 Å². The molecule has 0 aliphatic rings. The summed E-state index contributed by atoms with van der Waals surface area (Å²) in [6.07, 6.45) is -3.75. The van der Waals surface area contributed by atoms with E-state index in [1.807, 2.05) is 19.0 Å². The van der Waals surface area contributed by atoms with Crippen molar-refractivity contribution < 1.29 is 17.9 Å². The first kappa shape index (κ1) is 15.0. The van der Waals surface area contributed by atoms with Crippen molar-refractivity contribution in [1.82, 2.24) is 9.88 Å². The van der Waals surface area contributed by atoms with Crippen LogP contribution in [0.15, 0.2) is 12.1 Å². The lowest BCUT2D eigenvalue weighted by molar-refractivity contribution is -0.137. The van der Waals surface area contributed by atoms with Crippen molar-refractivity contribution in [2.45, 2.75) is 12.6 Å². The van der Waals surface area contributed by atoms with E-state index in [0.29, 0.717) is 13.0 Å². The van der Waals surface area contributed by atoms with E-state index in [4.69, 9.17) is 16.3 Å². The predicted octanol–water partition coefficient (Wildman–Crippen LogP) is 3.08. The lowest BCUT2D eigenvalue weighted by atomic mass is 10.2. The maximum Gasteiger partial charge on any atom is 0.416 e. The molecule has 0 saturated heterocycles. The van der Waals surface area contributed by atoms with Crippen molar-refractivity contribution in [3.63, 3.8) is 0 Å². The summed E-state index contributed by atoms with van der Waals surface area (Å²) in [5, 5.41) is -0.229. The molecule has 0 bridgehead atoms. The molecule has 0 fully saturated rings. The van der Waals surface area contributed by atoms with Crippen LogP contribution >= 0.6 is 11.6 Å². The van der Waals surface area contributed by atoms with Crippen LogP contribution in [0.25, 0.3) is 0 Å². The number of ether oxygens (including phenoxy) is 1. The lowest BCUT2D eigenvalue weighted by Gasteiger charge is -2.12. The third kappa shape index (κ3) is 5.10. The zero-order valence-corrected chi connectivity index (χ0v) is 10.8. The van der Waals surface area contributed by atoms with Crippen molar-refractivity contribution in [3.8, 4) is 5.88 Å². The van der Waals surface area contributed by atoms with E-state index < -0.39 is 11.7 Å². The molecule has 0 N–H and O–H groups in total. The topological polar surface area (TPSA) is 25.4 Å². The quantitative estimate of drug-likeness (QED) is 0.613. The first-order chi connectivity index (χ1) is 8.29. The number of nitrogens with zero attached hydrogens (tertiary/aromatic N) is 2. The number of hydrogen-bond acceptors (Lipinski definition) is 3. The van der Waals surface area contributed by atoms with E-state index in [1.54, 1.807) is 0 Å². The van der Waals surface area contributed by atoms with E-state index in [-0.39, 0.29) is 11.0 Å². The van der Waals surface area contributed by atoms with E-state index in [2.05, 4.69) is 4.98 Å². The van der Waals surface area contributed by atoms with Gasteiger partial charge in [-0.2, -0.15) is 13.2 Å². The molecule has 0 atom stereocenters. The number of hydrogen-bond donors (Lipinski definition) is 0. The molecule has 0 spiro atoms. The Morgan fingerprint density at radius 3 is 2.56 bits per heavy atom. The molecular weight excluding hydrogens is 269 g/mol. The monoisotopic (exact) mass is 282 g/mol. The van der Waals surface area contributed by atoms with Crippen LogP contribution in [0.2, 0.25) is 5.15 Å². The molecular formula is C11H14ClF3N2O. The van der Waals surface area contributed by atoms with Crippen LogP contribution in [0.3, 0.4) is 0 Å².